The first-order valence-corrected chi connectivity index (χ1v) is 7.34. The molecule has 3 unspecified atom stereocenters. The van der Waals surface area contributed by atoms with Crippen LogP contribution in [0.2, 0.25) is 0 Å². The standard InChI is InChI=1S/C12H19N3O3S/c1-2-3-9-11(19-15-14-9)12(18)13-8-4-7(6-16)10(17)5-8/h7-8,10,16-17H,2-6H2,1H3,(H,13,18). The van der Waals surface area contributed by atoms with Gasteiger partial charge in [-0.3, -0.25) is 4.79 Å². The molecule has 3 atom stereocenters. The van der Waals surface area contributed by atoms with E-state index in [1.165, 1.54) is 0 Å². The van der Waals surface area contributed by atoms with Crippen molar-refractivity contribution in [3.05, 3.63) is 10.6 Å². The summed E-state index contributed by atoms with van der Waals surface area (Å²) in [5.74, 6) is -0.311. The predicted molar refractivity (Wildman–Crippen MR) is 71.0 cm³/mol. The molecule has 0 bridgehead atoms. The Morgan fingerprint density at radius 1 is 1.53 bits per heavy atom. The maximum atomic E-state index is 12.1. The Morgan fingerprint density at radius 3 is 2.95 bits per heavy atom. The van der Waals surface area contributed by atoms with Gasteiger partial charge in [0.1, 0.15) is 4.88 Å². The van der Waals surface area contributed by atoms with Crippen LogP contribution in [0.4, 0.5) is 0 Å². The topological polar surface area (TPSA) is 95.3 Å². The van der Waals surface area contributed by atoms with Crippen molar-refractivity contribution in [1.29, 1.82) is 0 Å². The van der Waals surface area contributed by atoms with E-state index in [1.807, 2.05) is 6.92 Å². The lowest BCUT2D eigenvalue weighted by molar-refractivity contribution is 0.0904. The molecule has 0 radical (unpaired) electrons. The molecule has 1 aliphatic rings. The minimum absolute atomic E-state index is 0.0449. The maximum absolute atomic E-state index is 12.1. The van der Waals surface area contributed by atoms with Crippen LogP contribution in [0.3, 0.4) is 0 Å². The number of carbonyl (C=O) groups excluding carboxylic acids is 1. The molecule has 1 heterocycles. The average Bonchev–Trinajstić information content (AvgIpc) is 2.96. The summed E-state index contributed by atoms with van der Waals surface area (Å²) in [6.45, 7) is 1.98. The first-order chi connectivity index (χ1) is 9.15. The summed E-state index contributed by atoms with van der Waals surface area (Å²) >= 11 is 1.10. The number of aliphatic hydroxyl groups excluding tert-OH is 2. The van der Waals surface area contributed by atoms with E-state index in [9.17, 15) is 9.90 Å². The quantitative estimate of drug-likeness (QED) is 0.725. The maximum Gasteiger partial charge on any atom is 0.265 e. The molecule has 0 aliphatic heterocycles. The Hall–Kier alpha value is -1.05. The number of amides is 1. The third-order valence-corrected chi connectivity index (χ3v) is 4.24. The summed E-state index contributed by atoms with van der Waals surface area (Å²) in [5, 5.41) is 25.7. The molecule has 1 fully saturated rings. The lowest BCUT2D eigenvalue weighted by atomic mass is 10.1. The summed E-state index contributed by atoms with van der Waals surface area (Å²) < 4.78 is 3.82. The van der Waals surface area contributed by atoms with Crippen LogP contribution in [0.15, 0.2) is 0 Å². The smallest absolute Gasteiger partial charge is 0.265 e. The highest BCUT2D eigenvalue weighted by Crippen LogP contribution is 2.26. The largest absolute Gasteiger partial charge is 0.396 e. The molecular formula is C12H19N3O3S. The molecule has 19 heavy (non-hydrogen) atoms. The van der Waals surface area contributed by atoms with E-state index in [2.05, 4.69) is 14.9 Å². The summed E-state index contributed by atoms with van der Waals surface area (Å²) in [6, 6.07) is -0.0868. The van der Waals surface area contributed by atoms with Crippen molar-refractivity contribution in [3.8, 4) is 0 Å². The monoisotopic (exact) mass is 285 g/mol. The number of aromatic nitrogens is 2. The van der Waals surface area contributed by atoms with Crippen LogP contribution in [0.25, 0.3) is 0 Å². The van der Waals surface area contributed by atoms with Crippen molar-refractivity contribution in [1.82, 2.24) is 14.9 Å². The molecule has 1 saturated carbocycles. The van der Waals surface area contributed by atoms with Crippen LogP contribution >= 0.6 is 11.5 Å². The van der Waals surface area contributed by atoms with Crippen LogP contribution < -0.4 is 5.32 Å². The van der Waals surface area contributed by atoms with Crippen molar-refractivity contribution >= 4 is 17.4 Å². The molecule has 1 aromatic heterocycles. The van der Waals surface area contributed by atoms with Gasteiger partial charge in [-0.2, -0.15) is 0 Å². The van der Waals surface area contributed by atoms with Gasteiger partial charge in [-0.05, 0) is 30.8 Å². The first-order valence-electron chi connectivity index (χ1n) is 6.56. The number of hydrogen-bond acceptors (Lipinski definition) is 6. The fourth-order valence-electron chi connectivity index (χ4n) is 2.45. The highest BCUT2D eigenvalue weighted by Gasteiger charge is 2.33. The summed E-state index contributed by atoms with van der Waals surface area (Å²) in [5.41, 5.74) is 0.738. The first kappa shape index (κ1) is 14.4. The lowest BCUT2D eigenvalue weighted by Gasteiger charge is -2.11. The fourth-order valence-corrected chi connectivity index (χ4v) is 3.06. The number of aliphatic hydroxyl groups is 2. The van der Waals surface area contributed by atoms with Crippen molar-refractivity contribution < 1.29 is 15.0 Å². The molecule has 0 saturated heterocycles. The number of hydrogen-bond donors (Lipinski definition) is 3. The van der Waals surface area contributed by atoms with E-state index in [0.717, 1.165) is 30.1 Å². The van der Waals surface area contributed by atoms with Crippen LogP contribution in [-0.2, 0) is 6.42 Å². The van der Waals surface area contributed by atoms with E-state index < -0.39 is 6.10 Å². The molecule has 1 amide bonds. The Morgan fingerprint density at radius 2 is 2.32 bits per heavy atom. The third-order valence-electron chi connectivity index (χ3n) is 3.48. The average molecular weight is 285 g/mol. The number of nitrogens with zero attached hydrogens (tertiary/aromatic N) is 2. The predicted octanol–water partition coefficient (Wildman–Crippen LogP) is 0.352. The Labute approximate surface area is 116 Å². The Kier molecular flexibility index (Phi) is 4.84. The van der Waals surface area contributed by atoms with Crippen LogP contribution in [0.1, 0.15) is 41.6 Å². The van der Waals surface area contributed by atoms with Gasteiger partial charge in [-0.1, -0.05) is 17.8 Å². The third kappa shape index (κ3) is 3.29. The molecule has 6 nitrogen and oxygen atoms in total. The second-order valence-corrected chi connectivity index (χ2v) is 5.70. The van der Waals surface area contributed by atoms with Crippen LogP contribution in [0, 0.1) is 5.92 Å². The van der Waals surface area contributed by atoms with Gasteiger partial charge >= 0.3 is 0 Å². The molecule has 0 spiro atoms. The Balaban J connectivity index is 1.96. The molecule has 106 valence electrons. The second-order valence-electron chi connectivity index (χ2n) is 4.95. The van der Waals surface area contributed by atoms with Crippen LogP contribution in [-0.4, -0.2) is 44.5 Å². The molecule has 7 heteroatoms. The van der Waals surface area contributed by atoms with E-state index in [4.69, 9.17) is 5.11 Å². The van der Waals surface area contributed by atoms with E-state index >= 15 is 0 Å². The van der Waals surface area contributed by atoms with E-state index in [-0.39, 0.29) is 24.5 Å². The van der Waals surface area contributed by atoms with Gasteiger partial charge in [0, 0.05) is 18.6 Å². The minimum Gasteiger partial charge on any atom is -0.396 e. The lowest BCUT2D eigenvalue weighted by Crippen LogP contribution is -2.33. The molecule has 1 aliphatic carbocycles. The van der Waals surface area contributed by atoms with Gasteiger partial charge < -0.3 is 15.5 Å². The van der Waals surface area contributed by atoms with Gasteiger partial charge in [0.25, 0.3) is 5.91 Å². The molecule has 3 N–H and O–H groups in total. The zero-order valence-electron chi connectivity index (χ0n) is 10.9. The molecule has 2 rings (SSSR count). The highest BCUT2D eigenvalue weighted by atomic mass is 32.1. The van der Waals surface area contributed by atoms with Gasteiger partial charge in [0.05, 0.1) is 11.8 Å². The van der Waals surface area contributed by atoms with Crippen LogP contribution in [0.5, 0.6) is 0 Å². The number of aryl methyl sites for hydroxylation is 1. The van der Waals surface area contributed by atoms with Gasteiger partial charge in [0.15, 0.2) is 0 Å². The zero-order valence-corrected chi connectivity index (χ0v) is 11.7. The van der Waals surface area contributed by atoms with Gasteiger partial charge in [-0.15, -0.1) is 5.10 Å². The minimum atomic E-state index is -0.537. The van der Waals surface area contributed by atoms with Crippen molar-refractivity contribution in [3.63, 3.8) is 0 Å². The summed E-state index contributed by atoms with van der Waals surface area (Å²) in [6.07, 6.45) is 2.22. The number of nitrogens with one attached hydrogen (secondary N) is 1. The number of rotatable bonds is 5. The SMILES string of the molecule is CCCc1nnsc1C(=O)NC1CC(O)C(CO)C1. The highest BCUT2D eigenvalue weighted by molar-refractivity contribution is 7.08. The molecular weight excluding hydrogens is 266 g/mol. The van der Waals surface area contributed by atoms with Gasteiger partial charge in [-0.25, -0.2) is 0 Å². The second kappa shape index (κ2) is 6.40. The van der Waals surface area contributed by atoms with E-state index in [0.29, 0.717) is 17.7 Å². The molecule has 0 aromatic carbocycles. The zero-order chi connectivity index (χ0) is 13.8. The van der Waals surface area contributed by atoms with Crippen molar-refractivity contribution in [2.45, 2.75) is 44.8 Å². The number of carbonyl (C=O) groups is 1. The molecule has 1 aromatic rings. The normalized spacial score (nSPS) is 26.6. The van der Waals surface area contributed by atoms with E-state index in [1.54, 1.807) is 0 Å². The summed E-state index contributed by atoms with van der Waals surface area (Å²) in [4.78, 5) is 12.7. The van der Waals surface area contributed by atoms with Gasteiger partial charge in [0.2, 0.25) is 0 Å². The van der Waals surface area contributed by atoms with Crippen molar-refractivity contribution in [2.75, 3.05) is 6.61 Å². The summed E-state index contributed by atoms with van der Waals surface area (Å²) in [7, 11) is 0. The fraction of sp³-hybridized carbons (Fsp3) is 0.750. The Bertz CT molecular complexity index is 438. The van der Waals surface area contributed by atoms with Crippen molar-refractivity contribution in [2.24, 2.45) is 5.92 Å².